The van der Waals surface area contributed by atoms with Crippen LogP contribution < -0.4 is 19.5 Å². The maximum atomic E-state index is 15.0. The van der Waals surface area contributed by atoms with E-state index in [0.29, 0.717) is 42.2 Å². The van der Waals surface area contributed by atoms with Gasteiger partial charge < -0.3 is 19.7 Å². The number of piperidine rings is 1. The van der Waals surface area contributed by atoms with E-state index >= 15 is 8.78 Å². The van der Waals surface area contributed by atoms with E-state index in [1.165, 1.54) is 12.1 Å². The van der Waals surface area contributed by atoms with Crippen molar-refractivity contribution in [1.82, 2.24) is 19.6 Å². The minimum Gasteiger partial charge on any atom is -0.492 e. The Morgan fingerprint density at radius 2 is 1.76 bits per heavy atom. The minimum absolute atomic E-state index is 0.208. The Bertz CT molecular complexity index is 1580. The van der Waals surface area contributed by atoms with Crippen molar-refractivity contribution >= 4 is 21.7 Å². The first-order chi connectivity index (χ1) is 21.5. The zero-order valence-electron chi connectivity index (χ0n) is 25.6. The van der Waals surface area contributed by atoms with Crippen molar-refractivity contribution in [2.24, 2.45) is 5.92 Å². The van der Waals surface area contributed by atoms with Crippen LogP contribution in [-0.4, -0.2) is 61.0 Å². The molecule has 2 fully saturated rings. The summed E-state index contributed by atoms with van der Waals surface area (Å²) in [6.45, 7) is 8.68. The normalized spacial score (nSPS) is 16.8. The first-order valence-corrected chi connectivity index (χ1v) is 16.8. The number of carbonyl (C=O) groups excluding carboxylic acids is 1. The third-order valence-corrected chi connectivity index (χ3v) is 9.41. The SMILES string of the molecule is CC[C@@H](Oc1ccc(C(=O)NS(=O)(=O)c2ccc(NC3CCN(C(C)C)CC3)nc2)c(F)c1F)c1ccc(OCC2CC2)cn1. The number of carbonyl (C=O) groups is 1. The highest BCUT2D eigenvalue weighted by atomic mass is 32.2. The molecule has 3 aromatic rings. The average Bonchev–Trinajstić information content (AvgIpc) is 3.86. The number of likely N-dealkylation sites (tertiary alicyclic amines) is 1. The van der Waals surface area contributed by atoms with E-state index in [2.05, 4.69) is 34.0 Å². The molecular weight excluding hydrogens is 604 g/mol. The molecule has 2 aliphatic rings. The Hall–Kier alpha value is -3.84. The molecule has 5 rings (SSSR count). The number of anilines is 1. The van der Waals surface area contributed by atoms with Gasteiger partial charge in [-0.15, -0.1) is 0 Å². The molecule has 10 nitrogen and oxygen atoms in total. The lowest BCUT2D eigenvalue weighted by Crippen LogP contribution is -2.42. The predicted molar refractivity (Wildman–Crippen MR) is 165 cm³/mol. The smallest absolute Gasteiger partial charge is 0.268 e. The zero-order valence-corrected chi connectivity index (χ0v) is 26.4. The Kier molecular flexibility index (Phi) is 10.2. The summed E-state index contributed by atoms with van der Waals surface area (Å²) in [6, 6.07) is 9.01. The van der Waals surface area contributed by atoms with Gasteiger partial charge in [0.1, 0.15) is 22.6 Å². The van der Waals surface area contributed by atoms with Crippen molar-refractivity contribution in [2.45, 2.75) is 76.0 Å². The number of nitrogens with zero attached hydrogens (tertiary/aromatic N) is 3. The molecule has 1 aliphatic carbocycles. The largest absolute Gasteiger partial charge is 0.492 e. The number of aromatic nitrogens is 2. The number of sulfonamides is 1. The summed E-state index contributed by atoms with van der Waals surface area (Å²) in [5.74, 6) is -3.00. The van der Waals surface area contributed by atoms with E-state index in [-0.39, 0.29) is 10.9 Å². The lowest BCUT2D eigenvalue weighted by Gasteiger charge is -2.35. The van der Waals surface area contributed by atoms with Crippen molar-refractivity contribution in [3.8, 4) is 11.5 Å². The van der Waals surface area contributed by atoms with Gasteiger partial charge in [0.2, 0.25) is 5.82 Å². The predicted octanol–water partition coefficient (Wildman–Crippen LogP) is 5.48. The number of pyridine rings is 2. The lowest BCUT2D eigenvalue weighted by atomic mass is 10.0. The Morgan fingerprint density at radius 1 is 1.00 bits per heavy atom. The maximum absolute atomic E-state index is 15.0. The van der Waals surface area contributed by atoms with Crippen molar-refractivity contribution in [1.29, 1.82) is 0 Å². The van der Waals surface area contributed by atoms with Crippen LogP contribution >= 0.6 is 0 Å². The fourth-order valence-electron chi connectivity index (χ4n) is 5.10. The molecule has 13 heteroatoms. The van der Waals surface area contributed by atoms with Gasteiger partial charge in [-0.25, -0.2) is 22.5 Å². The molecule has 2 N–H and O–H groups in total. The Labute approximate surface area is 262 Å². The number of halogens is 2. The molecule has 1 saturated carbocycles. The number of amides is 1. The van der Waals surface area contributed by atoms with E-state index in [1.54, 1.807) is 30.0 Å². The van der Waals surface area contributed by atoms with Crippen molar-refractivity contribution in [3.05, 3.63) is 71.7 Å². The van der Waals surface area contributed by atoms with Crippen molar-refractivity contribution in [2.75, 3.05) is 25.0 Å². The molecular formula is C32H39F2N5O5S. The van der Waals surface area contributed by atoms with Crippen molar-refractivity contribution < 1.29 is 31.5 Å². The molecule has 1 atom stereocenters. The monoisotopic (exact) mass is 643 g/mol. The molecule has 1 aliphatic heterocycles. The molecule has 0 radical (unpaired) electrons. The molecule has 45 heavy (non-hydrogen) atoms. The van der Waals surface area contributed by atoms with Crippen LogP contribution in [-0.2, 0) is 10.0 Å². The second-order valence-corrected chi connectivity index (χ2v) is 13.5. The van der Waals surface area contributed by atoms with E-state index < -0.39 is 45.0 Å². The molecule has 1 aromatic carbocycles. The average molecular weight is 644 g/mol. The van der Waals surface area contributed by atoms with Gasteiger partial charge in [0.05, 0.1) is 24.1 Å². The number of nitrogens with one attached hydrogen (secondary N) is 2. The highest BCUT2D eigenvalue weighted by Gasteiger charge is 2.27. The van der Waals surface area contributed by atoms with Crippen LogP contribution in [0.5, 0.6) is 11.5 Å². The Morgan fingerprint density at radius 3 is 2.36 bits per heavy atom. The summed E-state index contributed by atoms with van der Waals surface area (Å²) in [4.78, 5) is 23.4. The second-order valence-electron chi connectivity index (χ2n) is 11.8. The minimum atomic E-state index is -4.42. The third kappa shape index (κ3) is 8.26. The van der Waals surface area contributed by atoms with Crippen LogP contribution in [0.3, 0.4) is 0 Å². The molecule has 1 amide bonds. The topological polar surface area (TPSA) is 123 Å². The fraction of sp³-hybridized carbons (Fsp3) is 0.469. The lowest BCUT2D eigenvalue weighted by molar-refractivity contribution is 0.0976. The van der Waals surface area contributed by atoms with Gasteiger partial charge in [0.25, 0.3) is 15.9 Å². The van der Waals surface area contributed by atoms with Crippen LogP contribution in [0.15, 0.2) is 53.7 Å². The summed E-state index contributed by atoms with van der Waals surface area (Å²) < 4.78 is 69.0. The Balaban J connectivity index is 1.19. The van der Waals surface area contributed by atoms with E-state index in [9.17, 15) is 13.2 Å². The van der Waals surface area contributed by atoms with Gasteiger partial charge in [0.15, 0.2) is 11.6 Å². The van der Waals surface area contributed by atoms with Crippen LogP contribution in [0.25, 0.3) is 0 Å². The van der Waals surface area contributed by atoms with Gasteiger partial charge in [-0.05, 0) is 88.3 Å². The first kappa shape index (κ1) is 32.6. The summed E-state index contributed by atoms with van der Waals surface area (Å²) in [7, 11) is -4.42. The molecule has 1 saturated heterocycles. The number of rotatable bonds is 13. The van der Waals surface area contributed by atoms with Gasteiger partial charge >= 0.3 is 0 Å². The van der Waals surface area contributed by atoms with Crippen LogP contribution in [0.2, 0.25) is 0 Å². The van der Waals surface area contributed by atoms with Crippen LogP contribution in [0, 0.1) is 17.6 Å². The van der Waals surface area contributed by atoms with E-state index in [0.717, 1.165) is 57.1 Å². The standard InChI is InChI=1S/C32H39F2N5O5S/c1-4-27(26-10-7-23(17-35-26)43-19-21-5-6-21)44-28-11-9-25(30(33)31(28)34)32(40)38-45(41,42)24-8-12-29(36-18-24)37-22-13-15-39(16-14-22)20(2)3/h7-12,17-18,20-22,27H,4-6,13-16,19H2,1-3H3,(H,36,37)(H,38,40)/t27-/m1/s1. The van der Waals surface area contributed by atoms with Crippen LogP contribution in [0.1, 0.15) is 75.0 Å². The second kappa shape index (κ2) is 14.1. The zero-order chi connectivity index (χ0) is 32.1. The molecule has 3 heterocycles. The van der Waals surface area contributed by atoms with Gasteiger partial charge in [-0.3, -0.25) is 9.78 Å². The number of hydrogen-bond acceptors (Lipinski definition) is 9. The summed E-state index contributed by atoms with van der Waals surface area (Å²) >= 11 is 0. The molecule has 0 spiro atoms. The van der Waals surface area contributed by atoms with E-state index in [1.807, 2.05) is 0 Å². The molecule has 0 unspecified atom stereocenters. The van der Waals surface area contributed by atoms with Crippen LogP contribution in [0.4, 0.5) is 14.6 Å². The third-order valence-electron chi connectivity index (χ3n) is 8.09. The summed E-state index contributed by atoms with van der Waals surface area (Å²) in [5, 5.41) is 3.31. The van der Waals surface area contributed by atoms with Gasteiger partial charge in [-0.2, -0.15) is 4.39 Å². The quantitative estimate of drug-likeness (QED) is 0.249. The highest BCUT2D eigenvalue weighted by molar-refractivity contribution is 7.90. The summed E-state index contributed by atoms with van der Waals surface area (Å²) in [5.41, 5.74) is -0.291. The van der Waals surface area contributed by atoms with Gasteiger partial charge in [0, 0.05) is 31.4 Å². The molecule has 2 aromatic heterocycles. The fourth-order valence-corrected chi connectivity index (χ4v) is 6.01. The number of benzene rings is 1. The first-order valence-electron chi connectivity index (χ1n) is 15.3. The van der Waals surface area contributed by atoms with E-state index in [4.69, 9.17) is 9.47 Å². The van der Waals surface area contributed by atoms with Gasteiger partial charge in [-0.1, -0.05) is 6.92 Å². The number of hydrogen-bond donors (Lipinski definition) is 2. The van der Waals surface area contributed by atoms with Crippen molar-refractivity contribution in [3.63, 3.8) is 0 Å². The molecule has 0 bridgehead atoms. The maximum Gasteiger partial charge on any atom is 0.268 e. The highest BCUT2D eigenvalue weighted by Crippen LogP contribution is 2.31. The molecule has 242 valence electrons. The number of ether oxygens (including phenoxy) is 2. The summed E-state index contributed by atoms with van der Waals surface area (Å²) in [6.07, 6.45) is 6.56.